The van der Waals surface area contributed by atoms with Crippen molar-refractivity contribution in [2.75, 3.05) is 45.9 Å². The first kappa shape index (κ1) is 16.6. The molecule has 5 heteroatoms. The molecular formula is C16H32N4O. The van der Waals surface area contributed by atoms with Crippen molar-refractivity contribution in [1.82, 2.24) is 15.5 Å². The Balaban J connectivity index is 1.70. The van der Waals surface area contributed by atoms with Crippen LogP contribution in [-0.2, 0) is 4.74 Å². The van der Waals surface area contributed by atoms with Gasteiger partial charge >= 0.3 is 0 Å². The van der Waals surface area contributed by atoms with Crippen LogP contribution < -0.4 is 10.6 Å². The van der Waals surface area contributed by atoms with Gasteiger partial charge in [-0.05, 0) is 51.6 Å². The van der Waals surface area contributed by atoms with Crippen molar-refractivity contribution in [2.45, 2.75) is 45.6 Å². The SMILES string of the molecule is CCNC(=NCC(C)CN1CCCC1)NCC1CCCO1. The zero-order valence-electron chi connectivity index (χ0n) is 13.7. The summed E-state index contributed by atoms with van der Waals surface area (Å²) in [6.07, 6.45) is 5.43. The normalized spacial score (nSPS) is 25.2. The molecule has 0 aromatic carbocycles. The summed E-state index contributed by atoms with van der Waals surface area (Å²) in [6.45, 7) is 11.7. The largest absolute Gasteiger partial charge is 0.376 e. The molecule has 2 atom stereocenters. The molecule has 2 N–H and O–H groups in total. The molecule has 0 radical (unpaired) electrons. The lowest BCUT2D eigenvalue weighted by molar-refractivity contribution is 0.114. The van der Waals surface area contributed by atoms with Gasteiger partial charge in [0.15, 0.2) is 5.96 Å². The van der Waals surface area contributed by atoms with Crippen molar-refractivity contribution in [3.05, 3.63) is 0 Å². The second-order valence-corrected chi connectivity index (χ2v) is 6.35. The fourth-order valence-electron chi connectivity index (χ4n) is 3.07. The Morgan fingerprint density at radius 2 is 2.10 bits per heavy atom. The van der Waals surface area contributed by atoms with E-state index in [-0.39, 0.29) is 0 Å². The van der Waals surface area contributed by atoms with Crippen molar-refractivity contribution >= 4 is 5.96 Å². The Labute approximate surface area is 129 Å². The Morgan fingerprint density at radius 3 is 2.76 bits per heavy atom. The molecule has 0 spiro atoms. The first-order valence-corrected chi connectivity index (χ1v) is 8.64. The average molecular weight is 296 g/mol. The zero-order chi connectivity index (χ0) is 14.9. The fraction of sp³-hybridized carbons (Fsp3) is 0.938. The van der Waals surface area contributed by atoms with Gasteiger partial charge in [-0.3, -0.25) is 4.99 Å². The van der Waals surface area contributed by atoms with E-state index >= 15 is 0 Å². The number of rotatable bonds is 7. The number of guanidine groups is 1. The van der Waals surface area contributed by atoms with E-state index in [9.17, 15) is 0 Å². The lowest BCUT2D eigenvalue weighted by Crippen LogP contribution is -2.41. The van der Waals surface area contributed by atoms with Crippen LogP contribution in [0.4, 0.5) is 0 Å². The van der Waals surface area contributed by atoms with Crippen LogP contribution in [0.15, 0.2) is 4.99 Å². The van der Waals surface area contributed by atoms with Crippen LogP contribution in [-0.4, -0.2) is 62.8 Å². The minimum atomic E-state index is 0.357. The van der Waals surface area contributed by atoms with Crippen LogP contribution in [0, 0.1) is 5.92 Å². The predicted molar refractivity (Wildman–Crippen MR) is 87.8 cm³/mol. The summed E-state index contributed by atoms with van der Waals surface area (Å²) in [5.74, 6) is 1.54. The number of hydrogen-bond acceptors (Lipinski definition) is 3. The number of nitrogens with zero attached hydrogens (tertiary/aromatic N) is 2. The Bertz CT molecular complexity index is 309. The van der Waals surface area contributed by atoms with Crippen molar-refractivity contribution in [3.8, 4) is 0 Å². The van der Waals surface area contributed by atoms with Crippen molar-refractivity contribution in [1.29, 1.82) is 0 Å². The van der Waals surface area contributed by atoms with Gasteiger partial charge in [-0.1, -0.05) is 6.92 Å². The summed E-state index contributed by atoms with van der Waals surface area (Å²) in [4.78, 5) is 7.29. The van der Waals surface area contributed by atoms with E-state index in [0.29, 0.717) is 12.0 Å². The van der Waals surface area contributed by atoms with Gasteiger partial charge in [0.1, 0.15) is 0 Å². The molecule has 0 aromatic rings. The standard InChI is InChI=1S/C16H32N4O/c1-3-17-16(19-12-15-7-6-10-21-15)18-11-14(2)13-20-8-4-5-9-20/h14-15H,3-13H2,1-2H3,(H2,17,18,19). The molecular weight excluding hydrogens is 264 g/mol. The molecule has 2 fully saturated rings. The van der Waals surface area contributed by atoms with Crippen LogP contribution in [0.2, 0.25) is 0 Å². The molecule has 0 saturated carbocycles. The van der Waals surface area contributed by atoms with Crippen molar-refractivity contribution in [2.24, 2.45) is 10.9 Å². The molecule has 0 amide bonds. The van der Waals surface area contributed by atoms with Gasteiger partial charge in [-0.2, -0.15) is 0 Å². The van der Waals surface area contributed by atoms with Gasteiger partial charge < -0.3 is 20.3 Å². The molecule has 21 heavy (non-hydrogen) atoms. The maximum absolute atomic E-state index is 5.64. The number of aliphatic imine (C=N–C) groups is 1. The molecule has 5 nitrogen and oxygen atoms in total. The Morgan fingerprint density at radius 1 is 1.29 bits per heavy atom. The summed E-state index contributed by atoms with van der Waals surface area (Å²) in [6, 6.07) is 0. The van der Waals surface area contributed by atoms with Gasteiger partial charge in [-0.25, -0.2) is 0 Å². The molecule has 2 unspecified atom stereocenters. The molecule has 2 saturated heterocycles. The van der Waals surface area contributed by atoms with Gasteiger partial charge in [0, 0.05) is 32.8 Å². The van der Waals surface area contributed by atoms with Crippen LogP contribution in [0.1, 0.15) is 39.5 Å². The van der Waals surface area contributed by atoms with E-state index in [2.05, 4.69) is 29.4 Å². The van der Waals surface area contributed by atoms with Crippen molar-refractivity contribution in [3.63, 3.8) is 0 Å². The Kier molecular flexibility index (Phi) is 7.30. The highest BCUT2D eigenvalue weighted by molar-refractivity contribution is 5.79. The third-order valence-electron chi connectivity index (χ3n) is 4.20. The average Bonchev–Trinajstić information content (AvgIpc) is 3.15. The van der Waals surface area contributed by atoms with Gasteiger partial charge in [-0.15, -0.1) is 0 Å². The quantitative estimate of drug-likeness (QED) is 0.551. The van der Waals surface area contributed by atoms with Gasteiger partial charge in [0.2, 0.25) is 0 Å². The molecule has 2 rings (SSSR count). The number of nitrogens with one attached hydrogen (secondary N) is 2. The van der Waals surface area contributed by atoms with Crippen molar-refractivity contribution < 1.29 is 4.74 Å². The third kappa shape index (κ3) is 6.22. The second kappa shape index (κ2) is 9.26. The summed E-state index contributed by atoms with van der Waals surface area (Å²) < 4.78 is 5.64. The van der Waals surface area contributed by atoms with Gasteiger partial charge in [0.25, 0.3) is 0 Å². The van der Waals surface area contributed by atoms with Crippen LogP contribution in [0.3, 0.4) is 0 Å². The summed E-state index contributed by atoms with van der Waals surface area (Å²) >= 11 is 0. The Hall–Kier alpha value is -0.810. The maximum atomic E-state index is 5.64. The predicted octanol–water partition coefficient (Wildman–Crippen LogP) is 1.45. The summed E-state index contributed by atoms with van der Waals surface area (Å²) in [7, 11) is 0. The van der Waals surface area contributed by atoms with Crippen LogP contribution >= 0.6 is 0 Å². The molecule has 2 aliphatic rings. The first-order chi connectivity index (χ1) is 10.3. The number of hydrogen-bond donors (Lipinski definition) is 2. The maximum Gasteiger partial charge on any atom is 0.191 e. The van der Waals surface area contributed by atoms with E-state index in [4.69, 9.17) is 9.73 Å². The highest BCUT2D eigenvalue weighted by Crippen LogP contribution is 2.11. The minimum absolute atomic E-state index is 0.357. The minimum Gasteiger partial charge on any atom is -0.376 e. The third-order valence-corrected chi connectivity index (χ3v) is 4.20. The number of likely N-dealkylation sites (tertiary alicyclic amines) is 1. The smallest absolute Gasteiger partial charge is 0.191 e. The molecule has 2 heterocycles. The van der Waals surface area contributed by atoms with Crippen LogP contribution in [0.5, 0.6) is 0 Å². The molecule has 0 bridgehead atoms. The van der Waals surface area contributed by atoms with Crippen LogP contribution in [0.25, 0.3) is 0 Å². The first-order valence-electron chi connectivity index (χ1n) is 8.64. The van der Waals surface area contributed by atoms with E-state index in [1.807, 2.05) is 0 Å². The second-order valence-electron chi connectivity index (χ2n) is 6.35. The highest BCUT2D eigenvalue weighted by atomic mass is 16.5. The summed E-state index contributed by atoms with van der Waals surface area (Å²) in [5.41, 5.74) is 0. The van der Waals surface area contributed by atoms with E-state index in [1.165, 1.54) is 38.9 Å². The van der Waals surface area contributed by atoms with Gasteiger partial charge in [0.05, 0.1) is 6.10 Å². The van der Waals surface area contributed by atoms with E-state index < -0.39 is 0 Å². The fourth-order valence-corrected chi connectivity index (χ4v) is 3.07. The molecule has 2 aliphatic heterocycles. The van der Waals surface area contributed by atoms with E-state index in [1.54, 1.807) is 0 Å². The lowest BCUT2D eigenvalue weighted by Gasteiger charge is -2.20. The summed E-state index contributed by atoms with van der Waals surface area (Å²) in [5, 5.41) is 6.74. The molecule has 122 valence electrons. The molecule has 0 aromatic heterocycles. The highest BCUT2D eigenvalue weighted by Gasteiger charge is 2.16. The monoisotopic (exact) mass is 296 g/mol. The number of ether oxygens (including phenoxy) is 1. The van der Waals surface area contributed by atoms with E-state index in [0.717, 1.165) is 38.6 Å². The zero-order valence-corrected chi connectivity index (χ0v) is 13.7. The molecule has 0 aliphatic carbocycles. The topological polar surface area (TPSA) is 48.9 Å². The lowest BCUT2D eigenvalue weighted by atomic mass is 10.2.